The predicted octanol–water partition coefficient (Wildman–Crippen LogP) is 3.56. The Morgan fingerprint density at radius 2 is 2.11 bits per heavy atom. The highest BCUT2D eigenvalue weighted by atomic mass is 16.6. The summed E-state index contributed by atoms with van der Waals surface area (Å²) in [6, 6.07) is 4.90. The first kappa shape index (κ1) is 14.3. The van der Waals surface area contributed by atoms with E-state index in [0.717, 1.165) is 12.8 Å². The zero-order chi connectivity index (χ0) is 13.5. The van der Waals surface area contributed by atoms with E-state index < -0.39 is 4.92 Å². The number of unbranched alkanes of at least 4 members (excludes halogenated alkanes) is 2. The summed E-state index contributed by atoms with van der Waals surface area (Å²) >= 11 is 0. The lowest BCUT2D eigenvalue weighted by Crippen LogP contribution is -2.15. The van der Waals surface area contributed by atoms with Crippen molar-refractivity contribution in [2.24, 2.45) is 0 Å². The van der Waals surface area contributed by atoms with Gasteiger partial charge < -0.3 is 11.1 Å². The van der Waals surface area contributed by atoms with Crippen LogP contribution in [0.1, 0.15) is 39.5 Å². The molecule has 100 valence electrons. The predicted molar refractivity (Wildman–Crippen MR) is 74.7 cm³/mol. The molecular formula is C13H21N3O2. The normalized spacial score (nSPS) is 12.1. The van der Waals surface area contributed by atoms with Crippen LogP contribution in [0.15, 0.2) is 18.2 Å². The fraction of sp³-hybridized carbons (Fsp3) is 0.538. The molecule has 1 atom stereocenters. The molecule has 0 amide bonds. The van der Waals surface area contributed by atoms with Crippen LogP contribution in [0.4, 0.5) is 17.1 Å². The summed E-state index contributed by atoms with van der Waals surface area (Å²) in [5, 5.41) is 14.0. The summed E-state index contributed by atoms with van der Waals surface area (Å²) in [5.74, 6) is 0. The van der Waals surface area contributed by atoms with Crippen molar-refractivity contribution in [1.29, 1.82) is 0 Å². The summed E-state index contributed by atoms with van der Waals surface area (Å²) in [6.07, 6.45) is 4.62. The van der Waals surface area contributed by atoms with Crippen molar-refractivity contribution >= 4 is 17.1 Å². The lowest BCUT2D eigenvalue weighted by Gasteiger charge is -2.15. The SMILES string of the molecule is CCCCCC(C)Nc1cc(N)cc([N+](=O)[O-])c1. The van der Waals surface area contributed by atoms with Gasteiger partial charge >= 0.3 is 0 Å². The Labute approximate surface area is 108 Å². The third-order valence-corrected chi connectivity index (χ3v) is 2.80. The molecule has 0 heterocycles. The summed E-state index contributed by atoms with van der Waals surface area (Å²) < 4.78 is 0. The number of nitrogens with two attached hydrogens (primary N) is 1. The van der Waals surface area contributed by atoms with Gasteiger partial charge in [0.1, 0.15) is 0 Å². The number of nitro benzene ring substituents is 1. The molecule has 1 unspecified atom stereocenters. The van der Waals surface area contributed by atoms with Gasteiger partial charge in [-0.2, -0.15) is 0 Å². The molecule has 0 bridgehead atoms. The Morgan fingerprint density at radius 1 is 1.39 bits per heavy atom. The third-order valence-electron chi connectivity index (χ3n) is 2.80. The van der Waals surface area contributed by atoms with E-state index >= 15 is 0 Å². The fourth-order valence-electron chi connectivity index (χ4n) is 1.88. The number of nitro groups is 1. The van der Waals surface area contributed by atoms with E-state index in [1.807, 2.05) is 0 Å². The number of non-ortho nitro benzene ring substituents is 1. The molecule has 3 N–H and O–H groups in total. The maximum Gasteiger partial charge on any atom is 0.273 e. The van der Waals surface area contributed by atoms with Crippen LogP contribution < -0.4 is 11.1 Å². The Balaban J connectivity index is 2.63. The second-order valence-corrected chi connectivity index (χ2v) is 4.61. The average molecular weight is 251 g/mol. The van der Waals surface area contributed by atoms with E-state index in [-0.39, 0.29) is 11.7 Å². The fourth-order valence-corrected chi connectivity index (χ4v) is 1.88. The number of hydrogen-bond donors (Lipinski definition) is 2. The number of anilines is 2. The van der Waals surface area contributed by atoms with E-state index in [1.165, 1.54) is 25.0 Å². The minimum atomic E-state index is -0.427. The molecule has 1 aromatic rings. The Morgan fingerprint density at radius 3 is 2.72 bits per heavy atom. The van der Waals surface area contributed by atoms with E-state index in [4.69, 9.17) is 5.73 Å². The third kappa shape index (κ3) is 4.61. The zero-order valence-electron chi connectivity index (χ0n) is 11.0. The first-order valence-electron chi connectivity index (χ1n) is 6.34. The van der Waals surface area contributed by atoms with Gasteiger partial charge in [0, 0.05) is 29.5 Å². The molecular weight excluding hydrogens is 230 g/mol. The summed E-state index contributed by atoms with van der Waals surface area (Å²) in [5.41, 5.74) is 6.80. The van der Waals surface area contributed by atoms with Crippen molar-refractivity contribution in [3.8, 4) is 0 Å². The number of nitrogen functional groups attached to an aromatic ring is 1. The van der Waals surface area contributed by atoms with Crippen molar-refractivity contribution in [3.05, 3.63) is 28.3 Å². The lowest BCUT2D eigenvalue weighted by molar-refractivity contribution is -0.384. The average Bonchev–Trinajstić information content (AvgIpc) is 2.28. The molecule has 1 rings (SSSR count). The molecule has 1 aromatic carbocycles. The van der Waals surface area contributed by atoms with Crippen LogP contribution in [0.3, 0.4) is 0 Å². The summed E-state index contributed by atoms with van der Waals surface area (Å²) in [7, 11) is 0. The van der Waals surface area contributed by atoms with Gasteiger partial charge in [0.25, 0.3) is 5.69 Å². The number of nitrogens with zero attached hydrogens (tertiary/aromatic N) is 1. The maximum atomic E-state index is 10.7. The van der Waals surface area contributed by atoms with Crippen molar-refractivity contribution in [2.75, 3.05) is 11.1 Å². The molecule has 0 aliphatic carbocycles. The van der Waals surface area contributed by atoms with E-state index in [9.17, 15) is 10.1 Å². The van der Waals surface area contributed by atoms with Gasteiger partial charge in [-0.1, -0.05) is 26.2 Å². The molecule has 5 nitrogen and oxygen atoms in total. The number of nitrogens with one attached hydrogen (secondary N) is 1. The van der Waals surface area contributed by atoms with Crippen molar-refractivity contribution in [3.63, 3.8) is 0 Å². The van der Waals surface area contributed by atoms with E-state index in [2.05, 4.69) is 19.2 Å². The molecule has 5 heteroatoms. The van der Waals surface area contributed by atoms with Crippen LogP contribution in [-0.4, -0.2) is 11.0 Å². The van der Waals surface area contributed by atoms with Gasteiger partial charge in [-0.25, -0.2) is 0 Å². The Bertz CT molecular complexity index is 407. The highest BCUT2D eigenvalue weighted by molar-refractivity contribution is 5.61. The molecule has 18 heavy (non-hydrogen) atoms. The molecule has 0 saturated carbocycles. The highest BCUT2D eigenvalue weighted by Crippen LogP contribution is 2.23. The summed E-state index contributed by atoms with van der Waals surface area (Å²) in [4.78, 5) is 10.3. The smallest absolute Gasteiger partial charge is 0.273 e. The Hall–Kier alpha value is -1.78. The summed E-state index contributed by atoms with van der Waals surface area (Å²) in [6.45, 7) is 4.24. The van der Waals surface area contributed by atoms with Crippen LogP contribution in [0.25, 0.3) is 0 Å². The molecule has 0 saturated heterocycles. The van der Waals surface area contributed by atoms with Gasteiger partial charge in [0.05, 0.1) is 4.92 Å². The van der Waals surface area contributed by atoms with Gasteiger partial charge in [-0.05, 0) is 19.4 Å². The highest BCUT2D eigenvalue weighted by Gasteiger charge is 2.10. The van der Waals surface area contributed by atoms with Crippen LogP contribution in [-0.2, 0) is 0 Å². The zero-order valence-corrected chi connectivity index (χ0v) is 11.0. The molecule has 0 aromatic heterocycles. The monoisotopic (exact) mass is 251 g/mol. The molecule has 0 fully saturated rings. The minimum absolute atomic E-state index is 0.0262. The van der Waals surface area contributed by atoms with Gasteiger partial charge in [-0.15, -0.1) is 0 Å². The van der Waals surface area contributed by atoms with Gasteiger partial charge in [0.15, 0.2) is 0 Å². The second kappa shape index (κ2) is 6.83. The van der Waals surface area contributed by atoms with Gasteiger partial charge in [-0.3, -0.25) is 10.1 Å². The van der Waals surface area contributed by atoms with Crippen molar-refractivity contribution in [2.45, 2.75) is 45.6 Å². The van der Waals surface area contributed by atoms with Crippen molar-refractivity contribution < 1.29 is 4.92 Å². The standard InChI is InChI=1S/C13H21N3O2/c1-3-4-5-6-10(2)15-12-7-11(14)8-13(9-12)16(17)18/h7-10,15H,3-6,14H2,1-2H3. The quantitative estimate of drug-likeness (QED) is 0.336. The number of hydrogen-bond acceptors (Lipinski definition) is 4. The molecule has 0 spiro atoms. The molecule has 0 aliphatic heterocycles. The Kier molecular flexibility index (Phi) is 5.42. The first-order chi connectivity index (χ1) is 8.52. The van der Waals surface area contributed by atoms with Crippen LogP contribution >= 0.6 is 0 Å². The largest absolute Gasteiger partial charge is 0.398 e. The number of benzene rings is 1. The van der Waals surface area contributed by atoms with Crippen LogP contribution in [0.2, 0.25) is 0 Å². The van der Waals surface area contributed by atoms with E-state index in [0.29, 0.717) is 11.4 Å². The van der Waals surface area contributed by atoms with E-state index in [1.54, 1.807) is 6.07 Å². The molecule has 0 aliphatic rings. The second-order valence-electron chi connectivity index (χ2n) is 4.61. The van der Waals surface area contributed by atoms with Crippen LogP contribution in [0, 0.1) is 10.1 Å². The maximum absolute atomic E-state index is 10.7. The molecule has 0 radical (unpaired) electrons. The van der Waals surface area contributed by atoms with Gasteiger partial charge in [0.2, 0.25) is 0 Å². The van der Waals surface area contributed by atoms with Crippen LogP contribution in [0.5, 0.6) is 0 Å². The first-order valence-corrected chi connectivity index (χ1v) is 6.34. The van der Waals surface area contributed by atoms with Crippen molar-refractivity contribution in [1.82, 2.24) is 0 Å². The topological polar surface area (TPSA) is 81.2 Å². The minimum Gasteiger partial charge on any atom is -0.398 e. The number of rotatable bonds is 7. The lowest BCUT2D eigenvalue weighted by atomic mass is 10.1.